The number of benzene rings is 2. The van der Waals surface area contributed by atoms with Gasteiger partial charge in [0.05, 0.1) is 31.1 Å². The van der Waals surface area contributed by atoms with Crippen LogP contribution in [0.1, 0.15) is 33.3 Å². The Morgan fingerprint density at radius 1 is 0.900 bits per heavy atom. The third-order valence-electron chi connectivity index (χ3n) is 4.99. The lowest BCUT2D eigenvalue weighted by Crippen LogP contribution is -2.06. The van der Waals surface area contributed by atoms with E-state index in [1.807, 2.05) is 36.4 Å². The molecule has 0 spiro atoms. The molecule has 0 bridgehead atoms. The normalized spacial score (nSPS) is 10.8. The highest BCUT2D eigenvalue weighted by Gasteiger charge is 2.21. The third-order valence-corrected chi connectivity index (χ3v) is 4.99. The molecule has 0 fully saturated rings. The topological polar surface area (TPSA) is 69.9 Å². The highest BCUT2D eigenvalue weighted by molar-refractivity contribution is 6.12. The van der Waals surface area contributed by atoms with Crippen LogP contribution in [-0.2, 0) is 0 Å². The number of nitrogens with zero attached hydrogens (tertiary/aromatic N) is 2. The summed E-state index contributed by atoms with van der Waals surface area (Å²) in [6.07, 6.45) is 1.58. The molecule has 4 aromatic rings. The standard InChI is InChI=1S/C24H20N2O4/c1-15(27)18-12-21(24(28)17-9-10-22(29-2)23(11-17)30-3)26-14-25-19(13-20(18)26)16-7-5-4-6-8-16/h4-14H,1-3H3. The molecule has 0 aliphatic heterocycles. The first-order chi connectivity index (χ1) is 14.5. The number of Topliss-reactive ketones (excluding diaryl/α,β-unsaturated/α-hetero) is 1. The van der Waals surface area contributed by atoms with Gasteiger partial charge < -0.3 is 9.47 Å². The zero-order valence-electron chi connectivity index (χ0n) is 16.9. The summed E-state index contributed by atoms with van der Waals surface area (Å²) in [5, 5.41) is 0. The fourth-order valence-corrected chi connectivity index (χ4v) is 3.45. The molecule has 0 aliphatic rings. The van der Waals surface area contributed by atoms with Gasteiger partial charge in [-0.25, -0.2) is 4.98 Å². The molecule has 0 saturated carbocycles. The average Bonchev–Trinajstić information content (AvgIpc) is 3.17. The largest absolute Gasteiger partial charge is 0.493 e. The van der Waals surface area contributed by atoms with Gasteiger partial charge in [0.1, 0.15) is 6.33 Å². The number of ether oxygens (including phenoxy) is 2. The summed E-state index contributed by atoms with van der Waals surface area (Å²) in [5.74, 6) is 0.630. The fourth-order valence-electron chi connectivity index (χ4n) is 3.45. The minimum Gasteiger partial charge on any atom is -0.493 e. The van der Waals surface area contributed by atoms with Crippen LogP contribution >= 0.6 is 0 Å². The van der Waals surface area contributed by atoms with E-state index in [1.165, 1.54) is 21.1 Å². The molecule has 2 heterocycles. The van der Waals surface area contributed by atoms with Crippen LogP contribution in [0.15, 0.2) is 67.0 Å². The van der Waals surface area contributed by atoms with Gasteiger partial charge in [-0.3, -0.25) is 14.0 Å². The van der Waals surface area contributed by atoms with E-state index < -0.39 is 0 Å². The SMILES string of the molecule is COc1ccc(C(=O)c2cc(C(C)=O)c3cc(-c4ccccc4)ncn23)cc1OC. The molecule has 0 unspecified atom stereocenters. The second-order valence-corrected chi connectivity index (χ2v) is 6.79. The van der Waals surface area contributed by atoms with Gasteiger partial charge in [0.15, 0.2) is 17.3 Å². The summed E-state index contributed by atoms with van der Waals surface area (Å²) >= 11 is 0. The van der Waals surface area contributed by atoms with Crippen molar-refractivity contribution >= 4 is 17.1 Å². The van der Waals surface area contributed by atoms with Crippen LogP contribution < -0.4 is 9.47 Å². The Kier molecular flexibility index (Phi) is 5.06. The maximum absolute atomic E-state index is 13.3. The van der Waals surface area contributed by atoms with Crippen molar-refractivity contribution in [1.29, 1.82) is 0 Å². The summed E-state index contributed by atoms with van der Waals surface area (Å²) in [6, 6.07) is 18.1. The average molecular weight is 400 g/mol. The van der Waals surface area contributed by atoms with Crippen molar-refractivity contribution in [3.05, 3.63) is 83.8 Å². The highest BCUT2D eigenvalue weighted by Crippen LogP contribution is 2.30. The monoisotopic (exact) mass is 400 g/mol. The van der Waals surface area contributed by atoms with Gasteiger partial charge in [0, 0.05) is 16.7 Å². The van der Waals surface area contributed by atoms with Crippen LogP contribution in [-0.4, -0.2) is 35.2 Å². The van der Waals surface area contributed by atoms with Gasteiger partial charge in [-0.15, -0.1) is 0 Å². The molecule has 150 valence electrons. The Morgan fingerprint density at radius 3 is 2.30 bits per heavy atom. The van der Waals surface area contributed by atoms with Crippen molar-refractivity contribution in [3.8, 4) is 22.8 Å². The summed E-state index contributed by atoms with van der Waals surface area (Å²) in [6.45, 7) is 1.49. The van der Waals surface area contributed by atoms with E-state index in [0.717, 1.165) is 11.3 Å². The van der Waals surface area contributed by atoms with Gasteiger partial charge in [-0.05, 0) is 37.3 Å². The molecular weight excluding hydrogens is 380 g/mol. The quantitative estimate of drug-likeness (QED) is 0.447. The number of ketones is 2. The number of rotatable bonds is 6. The van der Waals surface area contributed by atoms with Gasteiger partial charge in [-0.1, -0.05) is 30.3 Å². The zero-order chi connectivity index (χ0) is 21.3. The Balaban J connectivity index is 1.85. The first-order valence-corrected chi connectivity index (χ1v) is 9.37. The van der Waals surface area contributed by atoms with Crippen LogP contribution in [0, 0.1) is 0 Å². The number of fused-ring (bicyclic) bond motifs is 1. The number of methoxy groups -OCH3 is 2. The van der Waals surface area contributed by atoms with Crippen LogP contribution in [0.25, 0.3) is 16.8 Å². The van der Waals surface area contributed by atoms with Crippen molar-refractivity contribution in [2.75, 3.05) is 14.2 Å². The molecule has 0 atom stereocenters. The van der Waals surface area contributed by atoms with Crippen LogP contribution in [0.4, 0.5) is 0 Å². The number of hydrogen-bond acceptors (Lipinski definition) is 5. The molecule has 2 aromatic heterocycles. The lowest BCUT2D eigenvalue weighted by atomic mass is 10.1. The molecule has 0 amide bonds. The predicted molar refractivity (Wildman–Crippen MR) is 114 cm³/mol. The number of aromatic nitrogens is 2. The van der Waals surface area contributed by atoms with Gasteiger partial charge >= 0.3 is 0 Å². The number of carbonyl (C=O) groups is 2. The van der Waals surface area contributed by atoms with E-state index in [-0.39, 0.29) is 11.6 Å². The maximum atomic E-state index is 13.3. The van der Waals surface area contributed by atoms with Crippen molar-refractivity contribution in [3.63, 3.8) is 0 Å². The maximum Gasteiger partial charge on any atom is 0.209 e. The second-order valence-electron chi connectivity index (χ2n) is 6.79. The van der Waals surface area contributed by atoms with Gasteiger partial charge in [0.25, 0.3) is 0 Å². The van der Waals surface area contributed by atoms with Crippen LogP contribution in [0.3, 0.4) is 0 Å². The molecule has 0 N–H and O–H groups in total. The smallest absolute Gasteiger partial charge is 0.209 e. The van der Waals surface area contributed by atoms with Gasteiger partial charge in [-0.2, -0.15) is 0 Å². The molecule has 6 nitrogen and oxygen atoms in total. The van der Waals surface area contributed by atoms with E-state index in [4.69, 9.17) is 9.47 Å². The van der Waals surface area contributed by atoms with E-state index >= 15 is 0 Å². The lowest BCUT2D eigenvalue weighted by Gasteiger charge is -2.09. The van der Waals surface area contributed by atoms with E-state index in [9.17, 15) is 9.59 Å². The van der Waals surface area contributed by atoms with Crippen molar-refractivity contribution < 1.29 is 19.1 Å². The van der Waals surface area contributed by atoms with Gasteiger partial charge in [0.2, 0.25) is 5.78 Å². The third kappa shape index (κ3) is 3.33. The van der Waals surface area contributed by atoms with E-state index in [1.54, 1.807) is 35.0 Å². The molecular formula is C24H20N2O4. The molecule has 30 heavy (non-hydrogen) atoms. The first-order valence-electron chi connectivity index (χ1n) is 9.37. The van der Waals surface area contributed by atoms with E-state index in [2.05, 4.69) is 4.98 Å². The van der Waals surface area contributed by atoms with Crippen LogP contribution in [0.2, 0.25) is 0 Å². The van der Waals surface area contributed by atoms with Crippen molar-refractivity contribution in [1.82, 2.24) is 9.38 Å². The number of hydrogen-bond donors (Lipinski definition) is 0. The van der Waals surface area contributed by atoms with Crippen LogP contribution in [0.5, 0.6) is 11.5 Å². The summed E-state index contributed by atoms with van der Waals surface area (Å²) in [7, 11) is 3.05. The minimum absolute atomic E-state index is 0.121. The highest BCUT2D eigenvalue weighted by atomic mass is 16.5. The number of carbonyl (C=O) groups excluding carboxylic acids is 2. The summed E-state index contributed by atoms with van der Waals surface area (Å²) in [4.78, 5) is 30.0. The molecule has 2 aromatic carbocycles. The Morgan fingerprint density at radius 2 is 1.63 bits per heavy atom. The predicted octanol–water partition coefficient (Wildman–Crippen LogP) is 4.45. The Labute approximate surface area is 173 Å². The van der Waals surface area contributed by atoms with E-state index in [0.29, 0.717) is 33.8 Å². The fraction of sp³-hybridized carbons (Fsp3) is 0.125. The lowest BCUT2D eigenvalue weighted by molar-refractivity contribution is 0.101. The molecule has 4 rings (SSSR count). The minimum atomic E-state index is -0.243. The first kappa shape index (κ1) is 19.4. The van der Waals surface area contributed by atoms with Crippen molar-refractivity contribution in [2.45, 2.75) is 6.92 Å². The second kappa shape index (κ2) is 7.83. The molecule has 0 radical (unpaired) electrons. The molecule has 0 aliphatic carbocycles. The molecule has 6 heteroatoms. The Hall–Kier alpha value is -3.93. The summed E-state index contributed by atoms with van der Waals surface area (Å²) in [5.41, 5.74) is 3.56. The zero-order valence-corrected chi connectivity index (χ0v) is 16.9. The summed E-state index contributed by atoms with van der Waals surface area (Å²) < 4.78 is 12.2. The Bertz CT molecular complexity index is 1260. The molecule has 0 saturated heterocycles. The van der Waals surface area contributed by atoms with Crippen molar-refractivity contribution in [2.24, 2.45) is 0 Å².